The summed E-state index contributed by atoms with van der Waals surface area (Å²) in [6.07, 6.45) is 4.99. The van der Waals surface area contributed by atoms with Crippen molar-refractivity contribution >= 4 is 17.6 Å². The Balaban J connectivity index is 1.97. The Morgan fingerprint density at radius 1 is 1.19 bits per heavy atom. The van der Waals surface area contributed by atoms with Crippen LogP contribution in [-0.2, 0) is 13.0 Å². The average molecular weight is 369 g/mol. The minimum atomic E-state index is -0.937. The van der Waals surface area contributed by atoms with Crippen molar-refractivity contribution in [2.45, 2.75) is 32.7 Å². The van der Waals surface area contributed by atoms with Crippen LogP contribution in [0.5, 0.6) is 0 Å². The monoisotopic (exact) mass is 368 g/mol. The Hall–Kier alpha value is -2.59. The molecule has 0 radical (unpaired) electrons. The van der Waals surface area contributed by atoms with E-state index in [0.29, 0.717) is 6.54 Å². The summed E-state index contributed by atoms with van der Waals surface area (Å²) in [5, 5.41) is 9.95. The van der Waals surface area contributed by atoms with Crippen molar-refractivity contribution in [3.8, 4) is 11.3 Å². The molecule has 1 aromatic heterocycles. The largest absolute Gasteiger partial charge is 0.478 e. The number of aryl methyl sites for hydroxylation is 1. The first-order valence-corrected chi connectivity index (χ1v) is 9.09. The predicted molar refractivity (Wildman–Crippen MR) is 104 cm³/mol. The number of imidazole rings is 1. The number of hydrogen-bond donors (Lipinski definition) is 1. The highest BCUT2D eigenvalue weighted by molar-refractivity contribution is 6.31. The van der Waals surface area contributed by atoms with Crippen LogP contribution < -0.4 is 0 Å². The lowest BCUT2D eigenvalue weighted by Gasteiger charge is -2.08. The van der Waals surface area contributed by atoms with E-state index < -0.39 is 5.97 Å². The maximum absolute atomic E-state index is 11.2. The van der Waals surface area contributed by atoms with E-state index in [1.165, 1.54) is 0 Å². The lowest BCUT2D eigenvalue weighted by Crippen LogP contribution is -2.04. The zero-order valence-electron chi connectivity index (χ0n) is 14.7. The van der Waals surface area contributed by atoms with Gasteiger partial charge in [-0.25, -0.2) is 9.78 Å². The number of benzene rings is 2. The second-order valence-electron chi connectivity index (χ2n) is 6.25. The van der Waals surface area contributed by atoms with E-state index in [1.54, 1.807) is 18.2 Å². The number of carboxylic acid groups (broad SMARTS) is 1. The number of carbonyl (C=O) groups is 1. The zero-order valence-corrected chi connectivity index (χ0v) is 15.4. The summed E-state index contributed by atoms with van der Waals surface area (Å²) >= 11 is 6.31. The highest BCUT2D eigenvalue weighted by Gasteiger charge is 2.12. The maximum atomic E-state index is 11.2. The van der Waals surface area contributed by atoms with Gasteiger partial charge in [-0.3, -0.25) is 0 Å². The van der Waals surface area contributed by atoms with Gasteiger partial charge in [0.2, 0.25) is 0 Å². The highest BCUT2D eigenvalue weighted by atomic mass is 35.5. The molecule has 134 valence electrons. The third kappa shape index (κ3) is 4.14. The molecule has 0 saturated carbocycles. The number of halogens is 1. The Kier molecular flexibility index (Phi) is 5.74. The molecule has 0 amide bonds. The normalized spacial score (nSPS) is 10.8. The molecule has 2 aromatic carbocycles. The van der Waals surface area contributed by atoms with Crippen molar-refractivity contribution in [1.29, 1.82) is 0 Å². The minimum Gasteiger partial charge on any atom is -0.478 e. The molecule has 0 aliphatic rings. The first kappa shape index (κ1) is 18.2. The third-order valence-corrected chi connectivity index (χ3v) is 4.69. The summed E-state index contributed by atoms with van der Waals surface area (Å²) in [6.45, 7) is 2.79. The first-order valence-electron chi connectivity index (χ1n) is 8.71. The van der Waals surface area contributed by atoms with Crippen molar-refractivity contribution in [2.24, 2.45) is 0 Å². The molecule has 0 saturated heterocycles. The maximum Gasteiger partial charge on any atom is 0.335 e. The molecule has 5 heteroatoms. The molecule has 0 aliphatic heterocycles. The fourth-order valence-corrected chi connectivity index (χ4v) is 3.08. The summed E-state index contributed by atoms with van der Waals surface area (Å²) in [4.78, 5) is 16.0. The van der Waals surface area contributed by atoms with Crippen LogP contribution in [0, 0.1) is 0 Å². The van der Waals surface area contributed by atoms with Gasteiger partial charge < -0.3 is 9.67 Å². The summed E-state index contributed by atoms with van der Waals surface area (Å²) in [5.74, 6) is 0.0519. The van der Waals surface area contributed by atoms with Gasteiger partial charge in [0.1, 0.15) is 5.82 Å². The molecule has 0 atom stereocenters. The molecule has 0 aliphatic carbocycles. The molecular formula is C21H21ClN2O2. The van der Waals surface area contributed by atoms with Crippen LogP contribution in [0.2, 0.25) is 5.02 Å². The first-order chi connectivity index (χ1) is 12.6. The van der Waals surface area contributed by atoms with E-state index in [-0.39, 0.29) is 5.56 Å². The molecule has 4 nitrogen and oxygen atoms in total. The van der Waals surface area contributed by atoms with Crippen LogP contribution in [0.1, 0.15) is 41.5 Å². The minimum absolute atomic E-state index is 0.262. The number of carboxylic acids is 1. The summed E-state index contributed by atoms with van der Waals surface area (Å²) in [7, 11) is 0. The molecule has 0 spiro atoms. The average Bonchev–Trinajstić information content (AvgIpc) is 3.05. The van der Waals surface area contributed by atoms with Crippen molar-refractivity contribution < 1.29 is 9.90 Å². The van der Waals surface area contributed by atoms with E-state index in [1.807, 2.05) is 36.5 Å². The van der Waals surface area contributed by atoms with Crippen molar-refractivity contribution in [1.82, 2.24) is 9.55 Å². The molecule has 0 bridgehead atoms. The predicted octanol–water partition coefficient (Wildman–Crippen LogP) is 5.29. The van der Waals surface area contributed by atoms with E-state index in [9.17, 15) is 9.90 Å². The quantitative estimate of drug-likeness (QED) is 0.616. The number of hydrogen-bond acceptors (Lipinski definition) is 2. The van der Waals surface area contributed by atoms with Crippen LogP contribution in [0.4, 0.5) is 0 Å². The van der Waals surface area contributed by atoms with Crippen LogP contribution >= 0.6 is 11.6 Å². The Morgan fingerprint density at radius 3 is 2.73 bits per heavy atom. The van der Waals surface area contributed by atoms with Crippen molar-refractivity contribution in [2.75, 3.05) is 0 Å². The fraction of sp³-hybridized carbons (Fsp3) is 0.238. The number of nitrogens with zero attached hydrogens (tertiary/aromatic N) is 2. The van der Waals surface area contributed by atoms with Crippen LogP contribution in [0.3, 0.4) is 0 Å². The molecule has 0 fully saturated rings. The third-order valence-electron chi connectivity index (χ3n) is 4.32. The number of unbranched alkanes of at least 4 members (excludes halogenated alkanes) is 1. The van der Waals surface area contributed by atoms with Gasteiger partial charge in [0.05, 0.1) is 17.8 Å². The SMILES string of the molecule is CCCCc1nc(-c2cccc(C(=O)O)c2)cn1Cc1ccccc1Cl. The van der Waals surface area contributed by atoms with Crippen molar-refractivity contribution in [3.63, 3.8) is 0 Å². The van der Waals surface area contributed by atoms with Crippen LogP contribution in [0.25, 0.3) is 11.3 Å². The molecule has 3 aromatic rings. The van der Waals surface area contributed by atoms with Gasteiger partial charge in [0.15, 0.2) is 0 Å². The topological polar surface area (TPSA) is 55.1 Å². The summed E-state index contributed by atoms with van der Waals surface area (Å²) in [5.41, 5.74) is 2.89. The van der Waals surface area contributed by atoms with Gasteiger partial charge in [-0.05, 0) is 30.2 Å². The van der Waals surface area contributed by atoms with Gasteiger partial charge in [0, 0.05) is 23.2 Å². The van der Waals surface area contributed by atoms with E-state index in [0.717, 1.165) is 46.9 Å². The van der Waals surface area contributed by atoms with Crippen LogP contribution in [-0.4, -0.2) is 20.6 Å². The standard InChI is InChI=1S/C21H21ClN2O2/c1-2-3-11-20-23-19(15-8-6-9-16(12-15)21(25)26)14-24(20)13-17-7-4-5-10-18(17)22/h4-10,12,14H,2-3,11,13H2,1H3,(H,25,26). The van der Waals surface area contributed by atoms with E-state index >= 15 is 0 Å². The molecule has 3 rings (SSSR count). The lowest BCUT2D eigenvalue weighted by atomic mass is 10.1. The second kappa shape index (κ2) is 8.19. The molecule has 0 unspecified atom stereocenters. The van der Waals surface area contributed by atoms with Gasteiger partial charge in [-0.15, -0.1) is 0 Å². The summed E-state index contributed by atoms with van der Waals surface area (Å²) < 4.78 is 2.11. The summed E-state index contributed by atoms with van der Waals surface area (Å²) in [6, 6.07) is 14.7. The molecular weight excluding hydrogens is 348 g/mol. The highest BCUT2D eigenvalue weighted by Crippen LogP contribution is 2.23. The van der Waals surface area contributed by atoms with Crippen molar-refractivity contribution in [3.05, 3.63) is 76.7 Å². The second-order valence-corrected chi connectivity index (χ2v) is 6.66. The molecule has 1 N–H and O–H groups in total. The Morgan fingerprint density at radius 2 is 2.00 bits per heavy atom. The van der Waals surface area contributed by atoms with Gasteiger partial charge in [-0.1, -0.05) is 55.3 Å². The molecule has 26 heavy (non-hydrogen) atoms. The lowest BCUT2D eigenvalue weighted by molar-refractivity contribution is 0.0697. The van der Waals surface area contributed by atoms with E-state index in [2.05, 4.69) is 11.5 Å². The van der Waals surface area contributed by atoms with Crippen LogP contribution in [0.15, 0.2) is 54.7 Å². The zero-order chi connectivity index (χ0) is 18.5. The molecule has 1 heterocycles. The number of aromatic nitrogens is 2. The number of aromatic carboxylic acids is 1. The number of rotatable bonds is 7. The van der Waals surface area contributed by atoms with Gasteiger partial charge >= 0.3 is 5.97 Å². The van der Waals surface area contributed by atoms with E-state index in [4.69, 9.17) is 16.6 Å². The van der Waals surface area contributed by atoms with Gasteiger partial charge in [-0.2, -0.15) is 0 Å². The fourth-order valence-electron chi connectivity index (χ4n) is 2.89. The smallest absolute Gasteiger partial charge is 0.335 e. The Bertz CT molecular complexity index is 918. The van der Waals surface area contributed by atoms with Gasteiger partial charge in [0.25, 0.3) is 0 Å². The Labute approximate surface area is 158 Å².